The maximum absolute atomic E-state index is 12.1. The molecule has 1 aromatic heterocycles. The number of benzene rings is 1. The number of hydrogen-bond donors (Lipinski definition) is 3. The minimum Gasteiger partial charge on any atom is -0.366 e. The predicted molar refractivity (Wildman–Crippen MR) is 97.3 cm³/mol. The highest BCUT2D eigenvalue weighted by molar-refractivity contribution is 6.01. The molecule has 0 bridgehead atoms. The van der Waals surface area contributed by atoms with Gasteiger partial charge in [-0.3, -0.25) is 9.78 Å². The van der Waals surface area contributed by atoms with E-state index in [0.717, 1.165) is 34.4 Å². The van der Waals surface area contributed by atoms with Crippen LogP contribution in [-0.2, 0) is 19.5 Å². The molecule has 0 spiro atoms. The van der Waals surface area contributed by atoms with Gasteiger partial charge >= 0.3 is 0 Å². The average molecular weight is 326 g/mol. The Hall–Kier alpha value is -2.24. The molecule has 0 aliphatic heterocycles. The highest BCUT2D eigenvalue weighted by Crippen LogP contribution is 2.32. The summed E-state index contributed by atoms with van der Waals surface area (Å²) in [6.45, 7) is 6.87. The number of primary amides is 1. The Kier molecular flexibility index (Phi) is 5.70. The van der Waals surface area contributed by atoms with E-state index >= 15 is 0 Å². The fourth-order valence-electron chi connectivity index (χ4n) is 3.00. The second-order valence-electron chi connectivity index (χ2n) is 6.44. The van der Waals surface area contributed by atoms with Crippen molar-refractivity contribution in [3.63, 3.8) is 0 Å². The number of nitrogens with zero attached hydrogens (tertiary/aromatic N) is 1. The van der Waals surface area contributed by atoms with Crippen molar-refractivity contribution < 1.29 is 4.79 Å². The zero-order valence-electron chi connectivity index (χ0n) is 14.6. The molecule has 24 heavy (non-hydrogen) atoms. The van der Waals surface area contributed by atoms with Gasteiger partial charge in [0.25, 0.3) is 5.91 Å². The van der Waals surface area contributed by atoms with Crippen LogP contribution in [-0.4, -0.2) is 10.9 Å². The van der Waals surface area contributed by atoms with Gasteiger partial charge in [0, 0.05) is 24.3 Å². The Morgan fingerprint density at radius 3 is 2.21 bits per heavy atom. The molecule has 0 atom stereocenters. The highest BCUT2D eigenvalue weighted by atomic mass is 16.1. The summed E-state index contributed by atoms with van der Waals surface area (Å²) in [7, 11) is 0. The molecule has 0 saturated heterocycles. The van der Waals surface area contributed by atoms with E-state index in [1.54, 1.807) is 0 Å². The molecule has 2 rings (SSSR count). The number of pyridine rings is 1. The molecule has 0 fully saturated rings. The third-order valence-electron chi connectivity index (χ3n) is 4.10. The third kappa shape index (κ3) is 3.63. The van der Waals surface area contributed by atoms with Crippen LogP contribution in [0, 0.1) is 12.8 Å². The van der Waals surface area contributed by atoms with Crippen LogP contribution in [0.4, 0.5) is 0 Å². The van der Waals surface area contributed by atoms with Crippen LogP contribution in [0.15, 0.2) is 24.3 Å². The molecule has 0 aliphatic carbocycles. The van der Waals surface area contributed by atoms with Gasteiger partial charge in [-0.05, 0) is 36.0 Å². The van der Waals surface area contributed by atoms with Gasteiger partial charge in [0.2, 0.25) is 0 Å². The van der Waals surface area contributed by atoms with Gasteiger partial charge in [-0.25, -0.2) is 0 Å². The van der Waals surface area contributed by atoms with Crippen LogP contribution >= 0.6 is 0 Å². The lowest BCUT2D eigenvalue weighted by molar-refractivity contribution is 0.1000. The van der Waals surface area contributed by atoms with Crippen LogP contribution in [0.2, 0.25) is 0 Å². The number of aryl methyl sites for hydroxylation is 1. The fraction of sp³-hybridized carbons (Fsp3) is 0.368. The van der Waals surface area contributed by atoms with Crippen molar-refractivity contribution in [2.24, 2.45) is 23.1 Å². The molecule has 0 unspecified atom stereocenters. The quantitative estimate of drug-likeness (QED) is 0.756. The normalized spacial score (nSPS) is 11.1. The van der Waals surface area contributed by atoms with Gasteiger partial charge in [0.1, 0.15) is 0 Å². The second kappa shape index (κ2) is 7.55. The van der Waals surface area contributed by atoms with E-state index in [4.69, 9.17) is 17.2 Å². The van der Waals surface area contributed by atoms with Crippen LogP contribution in [0.25, 0.3) is 11.1 Å². The molecular formula is C19H26N4O. The van der Waals surface area contributed by atoms with Crippen LogP contribution in [0.3, 0.4) is 0 Å². The molecular weight excluding hydrogens is 300 g/mol. The van der Waals surface area contributed by atoms with E-state index in [1.165, 1.54) is 0 Å². The summed E-state index contributed by atoms with van der Waals surface area (Å²) in [5, 5.41) is 0. The first-order valence-corrected chi connectivity index (χ1v) is 8.20. The monoisotopic (exact) mass is 326 g/mol. The first-order chi connectivity index (χ1) is 11.4. The highest BCUT2D eigenvalue weighted by Gasteiger charge is 2.22. The minimum absolute atomic E-state index is 0.309. The topological polar surface area (TPSA) is 108 Å². The summed E-state index contributed by atoms with van der Waals surface area (Å²) in [6.07, 6.45) is 0.806. The summed E-state index contributed by atoms with van der Waals surface area (Å²) in [4.78, 5) is 16.7. The summed E-state index contributed by atoms with van der Waals surface area (Å²) < 4.78 is 0. The van der Waals surface area contributed by atoms with E-state index < -0.39 is 5.91 Å². The molecule has 5 nitrogen and oxygen atoms in total. The molecule has 0 radical (unpaired) electrons. The molecule has 0 saturated carbocycles. The number of hydrogen-bond acceptors (Lipinski definition) is 4. The smallest absolute Gasteiger partial charge is 0.251 e. The maximum Gasteiger partial charge on any atom is 0.251 e. The lowest BCUT2D eigenvalue weighted by Crippen LogP contribution is -2.20. The summed E-state index contributed by atoms with van der Waals surface area (Å²) in [6, 6.07) is 7.83. The Bertz CT molecular complexity index is 736. The van der Waals surface area contributed by atoms with Gasteiger partial charge in [-0.1, -0.05) is 38.1 Å². The predicted octanol–water partition coefficient (Wildman–Crippen LogP) is 2.27. The number of nitrogens with two attached hydrogens (primary N) is 3. The van der Waals surface area contributed by atoms with Crippen molar-refractivity contribution in [3.05, 3.63) is 52.3 Å². The molecule has 2 aromatic rings. The van der Waals surface area contributed by atoms with Gasteiger partial charge in [-0.15, -0.1) is 0 Å². The maximum atomic E-state index is 12.1. The van der Waals surface area contributed by atoms with E-state index in [1.807, 2.05) is 31.2 Å². The molecule has 0 aliphatic rings. The van der Waals surface area contributed by atoms with Gasteiger partial charge in [-0.2, -0.15) is 0 Å². The Morgan fingerprint density at radius 1 is 1.12 bits per heavy atom. The van der Waals surface area contributed by atoms with Crippen molar-refractivity contribution in [2.75, 3.05) is 0 Å². The summed E-state index contributed by atoms with van der Waals surface area (Å²) in [5.41, 5.74) is 23.0. The van der Waals surface area contributed by atoms with E-state index in [0.29, 0.717) is 30.3 Å². The van der Waals surface area contributed by atoms with Gasteiger partial charge in [0.05, 0.1) is 11.3 Å². The first kappa shape index (κ1) is 18.1. The van der Waals surface area contributed by atoms with E-state index in [9.17, 15) is 4.79 Å². The summed E-state index contributed by atoms with van der Waals surface area (Å²) in [5.74, 6) is -0.0437. The lowest BCUT2D eigenvalue weighted by atomic mass is 9.89. The Labute approximate surface area is 143 Å². The van der Waals surface area contributed by atoms with Crippen molar-refractivity contribution in [3.8, 4) is 11.1 Å². The van der Waals surface area contributed by atoms with Crippen molar-refractivity contribution in [2.45, 2.75) is 40.3 Å². The van der Waals surface area contributed by atoms with Crippen molar-refractivity contribution >= 4 is 5.91 Å². The van der Waals surface area contributed by atoms with Gasteiger partial charge < -0.3 is 17.2 Å². The molecule has 6 N–H and O–H groups in total. The minimum atomic E-state index is -0.483. The number of carbonyl (C=O) groups is 1. The average Bonchev–Trinajstić information content (AvgIpc) is 2.53. The van der Waals surface area contributed by atoms with Crippen molar-refractivity contribution in [1.29, 1.82) is 0 Å². The SMILES string of the molecule is Cc1nc(CC(C)C)c(CN)c(-c2ccc(CN)cc2)c1C(N)=O. The molecule has 128 valence electrons. The van der Waals surface area contributed by atoms with Crippen LogP contribution in [0.5, 0.6) is 0 Å². The van der Waals surface area contributed by atoms with Crippen LogP contribution < -0.4 is 17.2 Å². The number of carbonyl (C=O) groups excluding carboxylic acids is 1. The molecule has 5 heteroatoms. The molecule has 1 amide bonds. The Balaban J connectivity index is 2.76. The van der Waals surface area contributed by atoms with Crippen LogP contribution in [0.1, 0.15) is 46.7 Å². The van der Waals surface area contributed by atoms with E-state index in [-0.39, 0.29) is 0 Å². The fourth-order valence-corrected chi connectivity index (χ4v) is 3.00. The van der Waals surface area contributed by atoms with Crippen molar-refractivity contribution in [1.82, 2.24) is 4.98 Å². The van der Waals surface area contributed by atoms with Gasteiger partial charge in [0.15, 0.2) is 0 Å². The first-order valence-electron chi connectivity index (χ1n) is 8.20. The third-order valence-corrected chi connectivity index (χ3v) is 4.10. The largest absolute Gasteiger partial charge is 0.366 e. The Morgan fingerprint density at radius 2 is 1.75 bits per heavy atom. The second-order valence-corrected chi connectivity index (χ2v) is 6.44. The number of aromatic nitrogens is 1. The van der Waals surface area contributed by atoms with E-state index in [2.05, 4.69) is 18.8 Å². The molecule has 1 aromatic carbocycles. The molecule has 1 heterocycles. The standard InChI is InChI=1S/C19H26N4O/c1-11(2)8-16-15(10-21)18(17(19(22)24)12(3)23-16)14-6-4-13(9-20)5-7-14/h4-7,11H,8-10,20-21H2,1-3H3,(H2,22,24). The summed E-state index contributed by atoms with van der Waals surface area (Å²) >= 11 is 0. The zero-order chi connectivity index (χ0) is 17.9. The zero-order valence-corrected chi connectivity index (χ0v) is 14.6. The number of rotatable bonds is 6. The lowest BCUT2D eigenvalue weighted by Gasteiger charge is -2.19. The number of amides is 1.